The van der Waals surface area contributed by atoms with Gasteiger partial charge in [-0.25, -0.2) is 0 Å². The second-order valence-electron chi connectivity index (χ2n) is 4.04. The van der Waals surface area contributed by atoms with Crippen LogP contribution in [0.5, 0.6) is 0 Å². The van der Waals surface area contributed by atoms with Crippen molar-refractivity contribution in [1.82, 2.24) is 0 Å². The lowest BCUT2D eigenvalue weighted by molar-refractivity contribution is -0.147. The predicted molar refractivity (Wildman–Crippen MR) is 72.9 cm³/mol. The summed E-state index contributed by atoms with van der Waals surface area (Å²) >= 11 is 0. The molecule has 0 heterocycles. The highest BCUT2D eigenvalue weighted by Crippen LogP contribution is 2.11. The molecule has 0 amide bonds. The van der Waals surface area contributed by atoms with Gasteiger partial charge in [0.25, 0.3) is 0 Å². The summed E-state index contributed by atoms with van der Waals surface area (Å²) in [4.78, 5) is 23.2. The van der Waals surface area contributed by atoms with Crippen molar-refractivity contribution in [3.63, 3.8) is 0 Å². The van der Waals surface area contributed by atoms with Gasteiger partial charge in [0.15, 0.2) is 5.78 Å². The molecule has 4 nitrogen and oxygen atoms in total. The normalized spacial score (nSPS) is 11.4. The molecule has 0 saturated carbocycles. The number of hydrogen-bond donors (Lipinski definition) is 1. The van der Waals surface area contributed by atoms with Gasteiger partial charge in [-0.05, 0) is 18.1 Å². The van der Waals surface area contributed by atoms with Crippen LogP contribution in [-0.2, 0) is 20.9 Å². The molecule has 4 heteroatoms. The zero-order valence-corrected chi connectivity index (χ0v) is 10.9. The van der Waals surface area contributed by atoms with E-state index < -0.39 is 17.7 Å². The van der Waals surface area contributed by atoms with E-state index in [0.717, 1.165) is 11.6 Å². The second-order valence-corrected chi connectivity index (χ2v) is 4.04. The predicted octanol–water partition coefficient (Wildman–Crippen LogP) is 2.53. The Morgan fingerprint density at radius 1 is 1.37 bits per heavy atom. The van der Waals surface area contributed by atoms with Crippen LogP contribution in [0.15, 0.2) is 43.0 Å². The van der Waals surface area contributed by atoms with Gasteiger partial charge in [0, 0.05) is 0 Å². The lowest BCUT2D eigenvalue weighted by Crippen LogP contribution is -2.29. The highest BCUT2D eigenvalue weighted by atomic mass is 16.5. The van der Waals surface area contributed by atoms with Crippen molar-refractivity contribution in [3.8, 4) is 0 Å². The van der Waals surface area contributed by atoms with E-state index >= 15 is 0 Å². The van der Waals surface area contributed by atoms with E-state index in [1.54, 1.807) is 6.92 Å². The van der Waals surface area contributed by atoms with E-state index in [9.17, 15) is 9.59 Å². The molecule has 0 spiro atoms. The fourth-order valence-electron chi connectivity index (χ4n) is 1.60. The molecular formula is C15H17NO3. The van der Waals surface area contributed by atoms with Crippen LogP contribution in [0.25, 0.3) is 0 Å². The minimum atomic E-state index is -0.825. The number of hydrogen-bond acceptors (Lipinski definition) is 4. The van der Waals surface area contributed by atoms with Gasteiger partial charge >= 0.3 is 5.97 Å². The molecule has 0 radical (unpaired) electrons. The van der Waals surface area contributed by atoms with Crippen LogP contribution >= 0.6 is 0 Å². The fourth-order valence-corrected chi connectivity index (χ4v) is 1.60. The molecule has 1 N–H and O–H groups in total. The molecule has 1 rings (SSSR count). The van der Waals surface area contributed by atoms with Gasteiger partial charge in [0.2, 0.25) is 0 Å². The van der Waals surface area contributed by atoms with Crippen LogP contribution in [-0.4, -0.2) is 17.5 Å². The molecule has 0 saturated heterocycles. The Hall–Kier alpha value is -2.23. The average Bonchev–Trinajstić information content (AvgIpc) is 2.45. The molecule has 0 aliphatic carbocycles. The Morgan fingerprint density at radius 3 is 2.53 bits per heavy atom. The number of nitrogens with one attached hydrogen (secondary N) is 1. The summed E-state index contributed by atoms with van der Waals surface area (Å²) in [6.07, 6.45) is 1.39. The molecule has 1 atom stereocenters. The quantitative estimate of drug-likeness (QED) is 0.465. The smallest absolute Gasteiger partial charge is 0.315 e. The molecular weight excluding hydrogens is 242 g/mol. The number of benzene rings is 1. The van der Waals surface area contributed by atoms with Crippen molar-refractivity contribution in [2.24, 2.45) is 5.92 Å². The Morgan fingerprint density at radius 2 is 2.00 bits per heavy atom. The monoisotopic (exact) mass is 259 g/mol. The maximum Gasteiger partial charge on any atom is 0.315 e. The number of ether oxygens (including phenoxy) is 1. The Kier molecular flexibility index (Phi) is 5.67. The van der Waals surface area contributed by atoms with E-state index in [4.69, 9.17) is 10.1 Å². The number of rotatable bonds is 7. The van der Waals surface area contributed by atoms with E-state index in [1.165, 1.54) is 0 Å². The lowest BCUT2D eigenvalue weighted by Gasteiger charge is -2.13. The average molecular weight is 259 g/mol. The minimum Gasteiger partial charge on any atom is -0.460 e. The van der Waals surface area contributed by atoms with Crippen LogP contribution < -0.4 is 0 Å². The first-order valence-electron chi connectivity index (χ1n) is 6.05. The van der Waals surface area contributed by atoms with Gasteiger partial charge in [-0.15, -0.1) is 0 Å². The maximum atomic E-state index is 11.9. The molecule has 0 fully saturated rings. The van der Waals surface area contributed by atoms with Crippen LogP contribution in [0.1, 0.15) is 18.9 Å². The standard InChI is InChI=1S/C15H17NO3/c1-3-12(14(16)13(17)4-2)15(18)19-10-11-8-6-5-7-9-11/h4-9,12,16H,2-3,10H2,1H3. The largest absolute Gasteiger partial charge is 0.460 e. The number of carbonyl (C=O) groups excluding carboxylic acids is 2. The van der Waals surface area contributed by atoms with Crippen molar-refractivity contribution < 1.29 is 14.3 Å². The van der Waals surface area contributed by atoms with Crippen molar-refractivity contribution in [3.05, 3.63) is 48.6 Å². The molecule has 19 heavy (non-hydrogen) atoms. The van der Waals surface area contributed by atoms with Gasteiger partial charge in [-0.2, -0.15) is 0 Å². The van der Waals surface area contributed by atoms with Crippen LogP contribution in [0.3, 0.4) is 0 Å². The van der Waals surface area contributed by atoms with Crippen LogP contribution in [0.2, 0.25) is 0 Å². The highest BCUT2D eigenvalue weighted by molar-refractivity contribution is 6.45. The molecule has 0 aromatic heterocycles. The number of allylic oxidation sites excluding steroid dienone is 1. The Balaban J connectivity index is 2.62. The second kappa shape index (κ2) is 7.26. The summed E-state index contributed by atoms with van der Waals surface area (Å²) in [6.45, 7) is 5.19. The molecule has 1 aromatic carbocycles. The summed E-state index contributed by atoms with van der Waals surface area (Å²) in [5.41, 5.74) is 0.600. The number of esters is 1. The zero-order chi connectivity index (χ0) is 14.3. The topological polar surface area (TPSA) is 67.2 Å². The van der Waals surface area contributed by atoms with Gasteiger partial charge in [-0.1, -0.05) is 43.8 Å². The van der Waals surface area contributed by atoms with Crippen molar-refractivity contribution in [1.29, 1.82) is 5.41 Å². The Labute approximate surface area is 112 Å². The summed E-state index contributed by atoms with van der Waals surface area (Å²) in [5.74, 6) is -1.91. The molecule has 0 aliphatic rings. The van der Waals surface area contributed by atoms with Gasteiger partial charge < -0.3 is 10.1 Å². The SMILES string of the molecule is C=CC(=O)C(=N)C(CC)C(=O)OCc1ccccc1. The third kappa shape index (κ3) is 4.17. The first-order valence-corrected chi connectivity index (χ1v) is 6.05. The molecule has 1 unspecified atom stereocenters. The molecule has 0 bridgehead atoms. The van der Waals surface area contributed by atoms with E-state index in [1.807, 2.05) is 30.3 Å². The Bertz CT molecular complexity index is 479. The summed E-state index contributed by atoms with van der Waals surface area (Å²) < 4.78 is 5.13. The van der Waals surface area contributed by atoms with E-state index in [2.05, 4.69) is 6.58 Å². The summed E-state index contributed by atoms with van der Waals surface area (Å²) in [5, 5.41) is 7.64. The van der Waals surface area contributed by atoms with Crippen molar-refractivity contribution >= 4 is 17.5 Å². The molecule has 0 aliphatic heterocycles. The lowest BCUT2D eigenvalue weighted by atomic mass is 9.97. The zero-order valence-electron chi connectivity index (χ0n) is 10.9. The first-order chi connectivity index (χ1) is 9.10. The maximum absolute atomic E-state index is 11.9. The highest BCUT2D eigenvalue weighted by Gasteiger charge is 2.26. The first kappa shape index (κ1) is 14.8. The fraction of sp³-hybridized carbons (Fsp3) is 0.267. The van der Waals surface area contributed by atoms with Crippen molar-refractivity contribution in [2.45, 2.75) is 20.0 Å². The number of carbonyl (C=O) groups is 2. The summed E-state index contributed by atoms with van der Waals surface area (Å²) in [6, 6.07) is 9.26. The number of ketones is 1. The van der Waals surface area contributed by atoms with Gasteiger partial charge in [-0.3, -0.25) is 9.59 Å². The minimum absolute atomic E-state index is 0.145. The van der Waals surface area contributed by atoms with Crippen LogP contribution in [0.4, 0.5) is 0 Å². The third-order valence-corrected chi connectivity index (χ3v) is 2.72. The third-order valence-electron chi connectivity index (χ3n) is 2.72. The van der Waals surface area contributed by atoms with Crippen LogP contribution in [0, 0.1) is 11.3 Å². The molecule has 1 aromatic rings. The van der Waals surface area contributed by atoms with E-state index in [0.29, 0.717) is 6.42 Å². The summed E-state index contributed by atoms with van der Waals surface area (Å²) in [7, 11) is 0. The van der Waals surface area contributed by atoms with Gasteiger partial charge in [0.1, 0.15) is 12.5 Å². The van der Waals surface area contributed by atoms with Crippen molar-refractivity contribution in [2.75, 3.05) is 0 Å². The van der Waals surface area contributed by atoms with Gasteiger partial charge in [0.05, 0.1) is 5.71 Å². The molecule has 100 valence electrons. The van der Waals surface area contributed by atoms with E-state index in [-0.39, 0.29) is 12.3 Å².